The molecule has 0 radical (unpaired) electrons. The van der Waals surface area contributed by atoms with Crippen LogP contribution in [0.1, 0.15) is 33.1 Å². The van der Waals surface area contributed by atoms with Crippen LogP contribution in [0, 0.1) is 5.92 Å². The summed E-state index contributed by atoms with van der Waals surface area (Å²) in [7, 11) is 4.13. The summed E-state index contributed by atoms with van der Waals surface area (Å²) in [5.74, 6) is 0.307. The van der Waals surface area contributed by atoms with Crippen molar-refractivity contribution in [1.82, 2.24) is 4.90 Å². The van der Waals surface area contributed by atoms with Crippen molar-refractivity contribution < 1.29 is 9.18 Å². The third-order valence-corrected chi connectivity index (χ3v) is 2.90. The zero-order valence-corrected chi connectivity index (χ0v) is 11.6. The van der Waals surface area contributed by atoms with E-state index in [0.717, 1.165) is 19.3 Å². The topological polar surface area (TPSA) is 20.3 Å². The molecule has 0 aliphatic heterocycles. The lowest BCUT2D eigenvalue weighted by Crippen LogP contribution is -2.28. The van der Waals surface area contributed by atoms with Crippen LogP contribution in [0.3, 0.4) is 0 Å². The van der Waals surface area contributed by atoms with Gasteiger partial charge in [-0.15, -0.1) is 0 Å². The molecule has 0 N–H and O–H groups in total. The highest BCUT2D eigenvalue weighted by Crippen LogP contribution is 2.24. The molecule has 0 aromatic rings. The Balaban J connectivity index is 0.00000121. The minimum Gasteiger partial charge on any atom is -0.349 e. The van der Waals surface area contributed by atoms with Gasteiger partial charge in [0.25, 0.3) is 0 Å². The number of halogens is 1. The first-order valence-corrected chi connectivity index (χ1v) is 5.97. The number of amides is 1. The van der Waals surface area contributed by atoms with Crippen LogP contribution >= 0.6 is 0 Å². The van der Waals surface area contributed by atoms with Gasteiger partial charge < -0.3 is 4.90 Å². The third-order valence-electron chi connectivity index (χ3n) is 2.90. The molecule has 0 fully saturated rings. The van der Waals surface area contributed by atoms with Gasteiger partial charge in [0.05, 0.1) is 7.18 Å². The first-order chi connectivity index (χ1) is 8.02. The molecule has 1 rings (SSSR count). The van der Waals surface area contributed by atoms with E-state index in [1.807, 2.05) is 21.0 Å². The number of nitrogens with zero attached hydrogens (tertiary/aromatic N) is 1. The summed E-state index contributed by atoms with van der Waals surface area (Å²) in [6, 6.07) is 0. The van der Waals surface area contributed by atoms with Gasteiger partial charge in [-0.2, -0.15) is 0 Å². The van der Waals surface area contributed by atoms with Crippen molar-refractivity contribution >= 4 is 5.91 Å². The Kier molecular flexibility index (Phi) is 7.51. The molecule has 0 saturated heterocycles. The van der Waals surface area contributed by atoms with Crippen LogP contribution in [0.25, 0.3) is 0 Å². The number of allylic oxidation sites excluding steroid dienone is 4. The van der Waals surface area contributed by atoms with Crippen LogP contribution in [-0.4, -0.2) is 32.1 Å². The molecular weight excluding hydrogens is 217 g/mol. The predicted octanol–water partition coefficient (Wildman–Crippen LogP) is 3.35. The lowest BCUT2D eigenvalue weighted by Gasteiger charge is -2.20. The SMILES string of the molecule is CC1=CCCC=C1CC(C)C(=O)N(C)C.CF. The number of alkyl halides is 1. The summed E-state index contributed by atoms with van der Waals surface area (Å²) >= 11 is 0. The highest BCUT2D eigenvalue weighted by atomic mass is 19.1. The van der Waals surface area contributed by atoms with Crippen molar-refractivity contribution in [3.8, 4) is 0 Å². The fourth-order valence-electron chi connectivity index (χ4n) is 1.95. The molecule has 0 aromatic heterocycles. The second-order valence-corrected chi connectivity index (χ2v) is 4.53. The van der Waals surface area contributed by atoms with E-state index in [4.69, 9.17) is 0 Å². The molecule has 17 heavy (non-hydrogen) atoms. The molecule has 1 amide bonds. The van der Waals surface area contributed by atoms with E-state index in [1.165, 1.54) is 11.1 Å². The summed E-state index contributed by atoms with van der Waals surface area (Å²) in [5, 5.41) is 0. The molecule has 0 saturated carbocycles. The van der Waals surface area contributed by atoms with Gasteiger partial charge in [0, 0.05) is 20.0 Å². The Morgan fingerprint density at radius 2 is 1.88 bits per heavy atom. The van der Waals surface area contributed by atoms with E-state index in [2.05, 4.69) is 19.1 Å². The first kappa shape index (κ1) is 15.9. The summed E-state index contributed by atoms with van der Waals surface area (Å²) in [5.41, 5.74) is 2.70. The lowest BCUT2D eigenvalue weighted by molar-refractivity contribution is -0.132. The molecule has 98 valence electrons. The van der Waals surface area contributed by atoms with Crippen LogP contribution in [0.4, 0.5) is 4.39 Å². The van der Waals surface area contributed by atoms with Crippen molar-refractivity contribution in [2.45, 2.75) is 33.1 Å². The summed E-state index contributed by atoms with van der Waals surface area (Å²) in [6.07, 6.45) is 7.68. The van der Waals surface area contributed by atoms with Crippen molar-refractivity contribution in [2.24, 2.45) is 5.92 Å². The average molecular weight is 241 g/mol. The quantitative estimate of drug-likeness (QED) is 0.742. The summed E-state index contributed by atoms with van der Waals surface area (Å²) < 4.78 is 9.50. The fourth-order valence-corrected chi connectivity index (χ4v) is 1.95. The van der Waals surface area contributed by atoms with Gasteiger partial charge in [0.2, 0.25) is 5.91 Å². The Morgan fingerprint density at radius 1 is 1.35 bits per heavy atom. The molecular formula is C14H24FNO. The Labute approximate surface area is 104 Å². The van der Waals surface area contributed by atoms with Crippen molar-refractivity contribution in [2.75, 3.05) is 21.3 Å². The lowest BCUT2D eigenvalue weighted by atomic mass is 9.91. The van der Waals surface area contributed by atoms with Crippen LogP contribution in [0.5, 0.6) is 0 Å². The van der Waals surface area contributed by atoms with E-state index >= 15 is 0 Å². The maximum Gasteiger partial charge on any atom is 0.225 e. The standard InChI is InChI=1S/C13H21NO.CH3F/c1-10-7-5-6-8-12(10)9-11(2)13(15)14(3)4;1-2/h7-8,11H,5-6,9H2,1-4H3;1H3. The van der Waals surface area contributed by atoms with E-state index in [9.17, 15) is 9.18 Å². The van der Waals surface area contributed by atoms with Crippen LogP contribution in [-0.2, 0) is 4.79 Å². The van der Waals surface area contributed by atoms with Gasteiger partial charge >= 0.3 is 0 Å². The Morgan fingerprint density at radius 3 is 2.35 bits per heavy atom. The Hall–Kier alpha value is -1.12. The zero-order chi connectivity index (χ0) is 13.4. The number of hydrogen-bond donors (Lipinski definition) is 0. The van der Waals surface area contributed by atoms with Gasteiger partial charge in [-0.1, -0.05) is 24.6 Å². The summed E-state index contributed by atoms with van der Waals surface area (Å²) in [4.78, 5) is 13.4. The average Bonchev–Trinajstić information content (AvgIpc) is 2.33. The zero-order valence-electron chi connectivity index (χ0n) is 11.6. The molecule has 2 nitrogen and oxygen atoms in total. The van der Waals surface area contributed by atoms with Crippen LogP contribution in [0.2, 0.25) is 0 Å². The van der Waals surface area contributed by atoms with Gasteiger partial charge in [0.15, 0.2) is 0 Å². The number of hydrogen-bond acceptors (Lipinski definition) is 1. The van der Waals surface area contributed by atoms with E-state index in [0.29, 0.717) is 7.18 Å². The third kappa shape index (κ3) is 5.16. The van der Waals surface area contributed by atoms with Gasteiger partial charge in [-0.25, -0.2) is 0 Å². The second-order valence-electron chi connectivity index (χ2n) is 4.53. The van der Waals surface area contributed by atoms with Gasteiger partial charge in [-0.3, -0.25) is 9.18 Å². The first-order valence-electron chi connectivity index (χ1n) is 5.97. The van der Waals surface area contributed by atoms with Crippen molar-refractivity contribution in [1.29, 1.82) is 0 Å². The largest absolute Gasteiger partial charge is 0.349 e. The van der Waals surface area contributed by atoms with E-state index in [1.54, 1.807) is 4.90 Å². The van der Waals surface area contributed by atoms with E-state index in [-0.39, 0.29) is 11.8 Å². The smallest absolute Gasteiger partial charge is 0.225 e. The van der Waals surface area contributed by atoms with Gasteiger partial charge in [0.1, 0.15) is 0 Å². The van der Waals surface area contributed by atoms with Crippen molar-refractivity contribution in [3.63, 3.8) is 0 Å². The number of carbonyl (C=O) groups excluding carboxylic acids is 1. The molecule has 0 aromatic carbocycles. The fraction of sp³-hybridized carbons (Fsp3) is 0.643. The maximum absolute atomic E-state index is 11.7. The molecule has 0 spiro atoms. The van der Waals surface area contributed by atoms with Crippen LogP contribution < -0.4 is 0 Å². The normalized spacial score (nSPS) is 16.1. The number of rotatable bonds is 3. The predicted molar refractivity (Wildman–Crippen MR) is 70.6 cm³/mol. The van der Waals surface area contributed by atoms with Crippen LogP contribution in [0.15, 0.2) is 23.3 Å². The monoisotopic (exact) mass is 241 g/mol. The van der Waals surface area contributed by atoms with Crippen molar-refractivity contribution in [3.05, 3.63) is 23.3 Å². The minimum absolute atomic E-state index is 0.0905. The highest BCUT2D eigenvalue weighted by Gasteiger charge is 2.17. The molecule has 1 atom stereocenters. The molecule has 1 aliphatic carbocycles. The minimum atomic E-state index is 0.0905. The van der Waals surface area contributed by atoms with E-state index < -0.39 is 0 Å². The molecule has 0 heterocycles. The molecule has 0 bridgehead atoms. The summed E-state index contributed by atoms with van der Waals surface area (Å²) in [6.45, 7) is 4.14. The Bertz CT molecular complexity index is 305. The van der Waals surface area contributed by atoms with Gasteiger partial charge in [-0.05, 0) is 31.8 Å². The molecule has 3 heteroatoms. The molecule has 1 aliphatic rings. The molecule has 1 unspecified atom stereocenters. The number of carbonyl (C=O) groups is 1. The maximum atomic E-state index is 11.7. The second kappa shape index (κ2) is 8.04. The highest BCUT2D eigenvalue weighted by molar-refractivity contribution is 5.78.